The first-order valence-corrected chi connectivity index (χ1v) is 12.8. The largest absolute Gasteiger partial charge is 0.384 e. The zero-order valence-electron chi connectivity index (χ0n) is 19.4. The van der Waals surface area contributed by atoms with Crippen molar-refractivity contribution >= 4 is 44.1 Å². The lowest BCUT2D eigenvalue weighted by molar-refractivity contribution is 0.0956. The lowest BCUT2D eigenvalue weighted by atomic mass is 10.0. The first-order valence-electron chi connectivity index (χ1n) is 12.0. The summed E-state index contributed by atoms with van der Waals surface area (Å²) in [6.07, 6.45) is 1.84. The van der Waals surface area contributed by atoms with Crippen LogP contribution in [0.4, 0.5) is 11.4 Å². The van der Waals surface area contributed by atoms with E-state index in [0.29, 0.717) is 12.1 Å². The Kier molecular flexibility index (Phi) is 6.61. The van der Waals surface area contributed by atoms with Gasteiger partial charge < -0.3 is 20.5 Å². The predicted octanol–water partition coefficient (Wildman–Crippen LogP) is 3.72. The van der Waals surface area contributed by atoms with Gasteiger partial charge in [0.2, 0.25) is 0 Å². The molecule has 3 N–H and O–H groups in total. The molecule has 0 saturated carbocycles. The van der Waals surface area contributed by atoms with Crippen molar-refractivity contribution in [2.24, 2.45) is 0 Å². The maximum absolute atomic E-state index is 12.5. The second kappa shape index (κ2) is 9.80. The summed E-state index contributed by atoms with van der Waals surface area (Å²) in [5.74, 6) is -0.0485. The molecule has 0 spiro atoms. The molecule has 8 heteroatoms. The van der Waals surface area contributed by atoms with Gasteiger partial charge in [-0.3, -0.25) is 14.5 Å². The van der Waals surface area contributed by atoms with Gasteiger partial charge in [-0.05, 0) is 65.5 Å². The van der Waals surface area contributed by atoms with Gasteiger partial charge in [-0.1, -0.05) is 12.1 Å². The third-order valence-electron chi connectivity index (χ3n) is 6.75. The van der Waals surface area contributed by atoms with Crippen molar-refractivity contribution in [2.75, 3.05) is 49.5 Å². The highest BCUT2D eigenvalue weighted by Crippen LogP contribution is 2.30. The van der Waals surface area contributed by atoms with E-state index in [-0.39, 0.29) is 11.5 Å². The van der Waals surface area contributed by atoms with Gasteiger partial charge in [0, 0.05) is 66.8 Å². The standard InChI is InChI=1S/C26H30BrN5O2/c1-2-28-25(33)18-6-8-23(21(27)15-18)32-12-10-31(11-13-32)16-17-5-7-19-22(14-17)30-26(34)20-4-3-9-29-24(19)20/h5-8,14-15,29H,2-4,9-13,16H2,1H3,(H,28,33)(H,30,34). The average Bonchev–Trinajstić information content (AvgIpc) is 2.85. The average molecular weight is 524 g/mol. The molecular weight excluding hydrogens is 494 g/mol. The molecular formula is C26H30BrN5O2. The molecule has 3 heterocycles. The molecule has 0 atom stereocenters. The zero-order valence-corrected chi connectivity index (χ0v) is 21.0. The maximum Gasteiger partial charge on any atom is 0.253 e. The van der Waals surface area contributed by atoms with Crippen molar-refractivity contribution in [3.63, 3.8) is 0 Å². The fraction of sp³-hybridized carbons (Fsp3) is 0.385. The SMILES string of the molecule is CCNC(=O)c1ccc(N2CCN(Cc3ccc4c5c(c(=O)[nH]c4c3)CCCN5)CC2)c(Br)c1. The molecule has 0 radical (unpaired) electrons. The number of rotatable bonds is 5. The highest BCUT2D eigenvalue weighted by molar-refractivity contribution is 9.10. The van der Waals surface area contributed by atoms with E-state index in [1.165, 1.54) is 5.56 Å². The van der Waals surface area contributed by atoms with Crippen molar-refractivity contribution in [3.05, 3.63) is 67.9 Å². The van der Waals surface area contributed by atoms with Gasteiger partial charge in [0.05, 0.1) is 16.9 Å². The van der Waals surface area contributed by atoms with Crippen LogP contribution in [0, 0.1) is 0 Å². The smallest absolute Gasteiger partial charge is 0.253 e. The minimum atomic E-state index is -0.0485. The molecule has 1 amide bonds. The Hall–Kier alpha value is -2.84. The second-order valence-corrected chi connectivity index (χ2v) is 9.86. The lowest BCUT2D eigenvalue weighted by Crippen LogP contribution is -2.46. The number of nitrogens with zero attached hydrogens (tertiary/aromatic N) is 2. The molecule has 34 heavy (non-hydrogen) atoms. The van der Waals surface area contributed by atoms with Crippen LogP contribution in [-0.2, 0) is 13.0 Å². The zero-order chi connectivity index (χ0) is 23.7. The summed E-state index contributed by atoms with van der Waals surface area (Å²) in [6, 6.07) is 12.3. The number of H-pyrrole nitrogens is 1. The number of anilines is 2. The van der Waals surface area contributed by atoms with Gasteiger partial charge in [-0.15, -0.1) is 0 Å². The van der Waals surface area contributed by atoms with Gasteiger partial charge in [-0.25, -0.2) is 0 Å². The number of piperazine rings is 1. The van der Waals surface area contributed by atoms with Crippen LogP contribution in [0.1, 0.15) is 34.8 Å². The Morgan fingerprint density at radius 3 is 2.71 bits per heavy atom. The lowest BCUT2D eigenvalue weighted by Gasteiger charge is -2.36. The van der Waals surface area contributed by atoms with Gasteiger partial charge in [0.25, 0.3) is 11.5 Å². The molecule has 178 valence electrons. The molecule has 1 aromatic heterocycles. The van der Waals surface area contributed by atoms with Crippen LogP contribution >= 0.6 is 15.9 Å². The quantitative estimate of drug-likeness (QED) is 0.474. The van der Waals surface area contributed by atoms with Crippen LogP contribution in [0.25, 0.3) is 10.9 Å². The van der Waals surface area contributed by atoms with Gasteiger partial charge in [-0.2, -0.15) is 0 Å². The van der Waals surface area contributed by atoms with Gasteiger partial charge in [0.15, 0.2) is 0 Å². The minimum absolute atomic E-state index is 0.0317. The number of aromatic nitrogens is 1. The van der Waals surface area contributed by atoms with Crippen LogP contribution in [0.3, 0.4) is 0 Å². The fourth-order valence-electron chi connectivity index (χ4n) is 4.98. The fourth-order valence-corrected chi connectivity index (χ4v) is 5.61. The van der Waals surface area contributed by atoms with E-state index in [9.17, 15) is 9.59 Å². The van der Waals surface area contributed by atoms with Gasteiger partial charge >= 0.3 is 0 Å². The first-order chi connectivity index (χ1) is 16.5. The van der Waals surface area contributed by atoms with Crippen LogP contribution < -0.4 is 21.1 Å². The molecule has 2 aromatic carbocycles. The number of amides is 1. The van der Waals surface area contributed by atoms with Crippen LogP contribution in [0.15, 0.2) is 45.7 Å². The van der Waals surface area contributed by atoms with Crippen LogP contribution in [0.5, 0.6) is 0 Å². The van der Waals surface area contributed by atoms with E-state index in [0.717, 1.165) is 84.4 Å². The van der Waals surface area contributed by atoms with Crippen LogP contribution in [0.2, 0.25) is 0 Å². The molecule has 2 aliphatic heterocycles. The highest BCUT2D eigenvalue weighted by Gasteiger charge is 2.21. The number of pyridine rings is 1. The Labute approximate surface area is 207 Å². The van der Waals surface area contributed by atoms with E-state index in [1.54, 1.807) is 0 Å². The topological polar surface area (TPSA) is 80.5 Å². The summed E-state index contributed by atoms with van der Waals surface area (Å²) in [7, 11) is 0. The Morgan fingerprint density at radius 2 is 1.94 bits per heavy atom. The monoisotopic (exact) mass is 523 g/mol. The van der Waals surface area contributed by atoms with Crippen molar-refractivity contribution in [1.82, 2.24) is 15.2 Å². The summed E-state index contributed by atoms with van der Waals surface area (Å²) >= 11 is 3.66. The molecule has 5 rings (SSSR count). The molecule has 0 bridgehead atoms. The number of nitrogens with one attached hydrogen (secondary N) is 3. The first kappa shape index (κ1) is 22.9. The summed E-state index contributed by atoms with van der Waals surface area (Å²) in [6.45, 7) is 8.04. The van der Waals surface area contributed by atoms with Crippen molar-refractivity contribution in [1.29, 1.82) is 0 Å². The molecule has 0 unspecified atom stereocenters. The highest BCUT2D eigenvalue weighted by atomic mass is 79.9. The number of hydrogen-bond donors (Lipinski definition) is 3. The normalized spacial score (nSPS) is 16.2. The van der Waals surface area contributed by atoms with Crippen molar-refractivity contribution < 1.29 is 4.79 Å². The summed E-state index contributed by atoms with van der Waals surface area (Å²) in [5, 5.41) is 7.37. The number of hydrogen-bond acceptors (Lipinski definition) is 5. The summed E-state index contributed by atoms with van der Waals surface area (Å²) < 4.78 is 0.945. The summed E-state index contributed by atoms with van der Waals surface area (Å²) in [4.78, 5) is 32.5. The van der Waals surface area contributed by atoms with E-state index >= 15 is 0 Å². The number of halogens is 1. The molecule has 1 fully saturated rings. The molecule has 3 aromatic rings. The van der Waals surface area contributed by atoms with E-state index < -0.39 is 0 Å². The third-order valence-corrected chi connectivity index (χ3v) is 7.38. The molecule has 0 aliphatic carbocycles. The Morgan fingerprint density at radius 1 is 1.12 bits per heavy atom. The third kappa shape index (κ3) is 4.57. The van der Waals surface area contributed by atoms with Crippen molar-refractivity contribution in [3.8, 4) is 0 Å². The predicted molar refractivity (Wildman–Crippen MR) is 141 cm³/mol. The number of fused-ring (bicyclic) bond motifs is 3. The van der Waals surface area contributed by atoms with E-state index in [2.05, 4.69) is 59.5 Å². The number of carbonyl (C=O) groups is 1. The van der Waals surface area contributed by atoms with Crippen LogP contribution in [-0.4, -0.2) is 55.1 Å². The Balaban J connectivity index is 1.25. The van der Waals surface area contributed by atoms with E-state index in [4.69, 9.17) is 0 Å². The maximum atomic E-state index is 12.5. The number of aromatic amines is 1. The Bertz CT molecular complexity index is 1280. The molecule has 2 aliphatic rings. The number of carbonyl (C=O) groups excluding carboxylic acids is 1. The second-order valence-electron chi connectivity index (χ2n) is 9.01. The van der Waals surface area contributed by atoms with Gasteiger partial charge in [0.1, 0.15) is 0 Å². The van der Waals surface area contributed by atoms with Crippen molar-refractivity contribution in [2.45, 2.75) is 26.3 Å². The molecule has 1 saturated heterocycles. The van der Waals surface area contributed by atoms with E-state index in [1.807, 2.05) is 25.1 Å². The minimum Gasteiger partial charge on any atom is -0.384 e. The molecule has 7 nitrogen and oxygen atoms in total. The number of benzene rings is 2. The summed E-state index contributed by atoms with van der Waals surface area (Å²) in [5.41, 5.74) is 5.83.